The summed E-state index contributed by atoms with van der Waals surface area (Å²) in [6.07, 6.45) is 3.96. The van der Waals surface area contributed by atoms with Gasteiger partial charge in [0, 0.05) is 17.1 Å². The molecule has 1 aromatic rings. The molecule has 0 spiro atoms. The van der Waals surface area contributed by atoms with Crippen molar-refractivity contribution < 1.29 is 0 Å². The zero-order valence-corrected chi connectivity index (χ0v) is 11.0. The molecular weight excluding hydrogens is 204 g/mol. The topological polar surface area (TPSA) is 24.9 Å². The smallest absolute Gasteiger partial charge is 0.126 e. The van der Waals surface area contributed by atoms with Gasteiger partial charge in [0.05, 0.1) is 0 Å². The van der Waals surface area contributed by atoms with Gasteiger partial charge in [-0.05, 0) is 30.7 Å². The normalized spacial score (nSPS) is 13.7. The summed E-state index contributed by atoms with van der Waals surface area (Å²) in [7, 11) is 0. The Hall–Kier alpha value is -0.700. The van der Waals surface area contributed by atoms with E-state index < -0.39 is 0 Å². The molecule has 1 heterocycles. The van der Waals surface area contributed by atoms with Crippen molar-refractivity contribution in [2.24, 2.45) is 5.41 Å². The van der Waals surface area contributed by atoms with Crippen molar-refractivity contribution in [2.75, 3.05) is 11.6 Å². The summed E-state index contributed by atoms with van der Waals surface area (Å²) < 4.78 is 0. The Kier molecular flexibility index (Phi) is 4.03. The molecule has 1 unspecified atom stereocenters. The van der Waals surface area contributed by atoms with Gasteiger partial charge >= 0.3 is 0 Å². The average molecular weight is 224 g/mol. The SMILES string of the molecule is CSc1ccc(NC(C)C(C)(C)C)nc1. The van der Waals surface area contributed by atoms with E-state index in [1.54, 1.807) is 11.8 Å². The van der Waals surface area contributed by atoms with Gasteiger partial charge in [0.2, 0.25) is 0 Å². The lowest BCUT2D eigenvalue weighted by Gasteiger charge is -2.28. The largest absolute Gasteiger partial charge is 0.367 e. The summed E-state index contributed by atoms with van der Waals surface area (Å²) in [5, 5.41) is 3.41. The third-order valence-electron chi connectivity index (χ3n) is 2.64. The maximum Gasteiger partial charge on any atom is 0.126 e. The molecule has 0 bridgehead atoms. The van der Waals surface area contributed by atoms with Crippen LogP contribution >= 0.6 is 11.8 Å². The van der Waals surface area contributed by atoms with E-state index in [-0.39, 0.29) is 5.41 Å². The van der Waals surface area contributed by atoms with Gasteiger partial charge in [-0.15, -0.1) is 11.8 Å². The number of anilines is 1. The number of nitrogens with zero attached hydrogens (tertiary/aromatic N) is 1. The molecule has 15 heavy (non-hydrogen) atoms. The summed E-state index contributed by atoms with van der Waals surface area (Å²) in [6.45, 7) is 8.85. The zero-order chi connectivity index (χ0) is 11.5. The van der Waals surface area contributed by atoms with Crippen molar-refractivity contribution in [3.63, 3.8) is 0 Å². The summed E-state index contributed by atoms with van der Waals surface area (Å²) in [5.41, 5.74) is 0.250. The molecule has 1 aromatic heterocycles. The molecule has 2 nitrogen and oxygen atoms in total. The first-order valence-corrected chi connectivity index (χ1v) is 6.42. The maximum absolute atomic E-state index is 4.37. The van der Waals surface area contributed by atoms with E-state index in [1.807, 2.05) is 12.3 Å². The van der Waals surface area contributed by atoms with Gasteiger partial charge < -0.3 is 5.32 Å². The minimum Gasteiger partial charge on any atom is -0.367 e. The molecule has 1 atom stereocenters. The molecule has 0 saturated heterocycles. The van der Waals surface area contributed by atoms with E-state index in [0.717, 1.165) is 5.82 Å². The number of hydrogen-bond acceptors (Lipinski definition) is 3. The minimum absolute atomic E-state index is 0.250. The Morgan fingerprint density at radius 2 is 2.00 bits per heavy atom. The van der Waals surface area contributed by atoms with Crippen LogP contribution in [0.2, 0.25) is 0 Å². The van der Waals surface area contributed by atoms with Crippen molar-refractivity contribution in [3.8, 4) is 0 Å². The van der Waals surface area contributed by atoms with Crippen LogP contribution in [-0.4, -0.2) is 17.3 Å². The molecule has 1 rings (SSSR count). The lowest BCUT2D eigenvalue weighted by atomic mass is 9.88. The molecule has 0 aliphatic carbocycles. The highest BCUT2D eigenvalue weighted by molar-refractivity contribution is 7.98. The van der Waals surface area contributed by atoms with E-state index >= 15 is 0 Å². The van der Waals surface area contributed by atoms with Crippen LogP contribution < -0.4 is 5.32 Å². The first kappa shape index (κ1) is 12.4. The molecule has 0 saturated carbocycles. The van der Waals surface area contributed by atoms with Crippen LogP contribution in [0.4, 0.5) is 5.82 Å². The van der Waals surface area contributed by atoms with Gasteiger partial charge in [-0.3, -0.25) is 0 Å². The lowest BCUT2D eigenvalue weighted by Crippen LogP contribution is -2.31. The van der Waals surface area contributed by atoms with Crippen LogP contribution in [0.15, 0.2) is 23.2 Å². The molecule has 0 aliphatic rings. The van der Waals surface area contributed by atoms with E-state index in [0.29, 0.717) is 6.04 Å². The third kappa shape index (κ3) is 3.74. The summed E-state index contributed by atoms with van der Waals surface area (Å²) in [5.74, 6) is 0.954. The Bertz CT molecular complexity index is 300. The van der Waals surface area contributed by atoms with Crippen LogP contribution in [0.5, 0.6) is 0 Å². The lowest BCUT2D eigenvalue weighted by molar-refractivity contribution is 0.359. The summed E-state index contributed by atoms with van der Waals surface area (Å²) in [4.78, 5) is 5.57. The average Bonchev–Trinajstić information content (AvgIpc) is 2.17. The molecule has 0 amide bonds. The highest BCUT2D eigenvalue weighted by Gasteiger charge is 2.19. The van der Waals surface area contributed by atoms with Crippen LogP contribution in [0, 0.1) is 5.41 Å². The fourth-order valence-corrected chi connectivity index (χ4v) is 1.39. The summed E-state index contributed by atoms with van der Waals surface area (Å²) >= 11 is 1.71. The Balaban J connectivity index is 2.65. The maximum atomic E-state index is 4.37. The molecule has 1 N–H and O–H groups in total. The molecule has 0 aliphatic heterocycles. The van der Waals surface area contributed by atoms with Crippen LogP contribution in [0.25, 0.3) is 0 Å². The molecule has 3 heteroatoms. The fraction of sp³-hybridized carbons (Fsp3) is 0.583. The molecule has 0 radical (unpaired) electrons. The van der Waals surface area contributed by atoms with Crippen LogP contribution in [0.1, 0.15) is 27.7 Å². The highest BCUT2D eigenvalue weighted by atomic mass is 32.2. The Labute approximate surface area is 96.9 Å². The van der Waals surface area contributed by atoms with E-state index in [2.05, 4.69) is 50.3 Å². The van der Waals surface area contributed by atoms with Gasteiger partial charge in [-0.1, -0.05) is 20.8 Å². The molecule has 84 valence electrons. The van der Waals surface area contributed by atoms with Gasteiger partial charge in [0.15, 0.2) is 0 Å². The first-order chi connectivity index (χ1) is 6.93. The standard InChI is InChI=1S/C12H20N2S/c1-9(12(2,3)4)14-11-7-6-10(15-5)8-13-11/h6-9H,1-5H3,(H,13,14). The van der Waals surface area contributed by atoms with Gasteiger partial charge in [-0.25, -0.2) is 4.98 Å². The van der Waals surface area contributed by atoms with Crippen molar-refractivity contribution in [2.45, 2.75) is 38.6 Å². The zero-order valence-electron chi connectivity index (χ0n) is 10.2. The molecule has 0 fully saturated rings. The Morgan fingerprint density at radius 3 is 2.40 bits per heavy atom. The quantitative estimate of drug-likeness (QED) is 0.793. The van der Waals surface area contributed by atoms with Gasteiger partial charge in [0.25, 0.3) is 0 Å². The van der Waals surface area contributed by atoms with Gasteiger partial charge in [0.1, 0.15) is 5.82 Å². The predicted molar refractivity (Wildman–Crippen MR) is 68.6 cm³/mol. The van der Waals surface area contributed by atoms with Crippen LogP contribution in [-0.2, 0) is 0 Å². The Morgan fingerprint density at radius 1 is 1.33 bits per heavy atom. The van der Waals surface area contributed by atoms with Crippen molar-refractivity contribution in [3.05, 3.63) is 18.3 Å². The van der Waals surface area contributed by atoms with Crippen LogP contribution in [0.3, 0.4) is 0 Å². The summed E-state index contributed by atoms with van der Waals surface area (Å²) in [6, 6.07) is 4.54. The van der Waals surface area contributed by atoms with Gasteiger partial charge in [-0.2, -0.15) is 0 Å². The number of hydrogen-bond donors (Lipinski definition) is 1. The van der Waals surface area contributed by atoms with Crippen molar-refractivity contribution >= 4 is 17.6 Å². The first-order valence-electron chi connectivity index (χ1n) is 5.20. The van der Waals surface area contributed by atoms with E-state index in [9.17, 15) is 0 Å². The highest BCUT2D eigenvalue weighted by Crippen LogP contribution is 2.22. The molecular formula is C12H20N2S. The van der Waals surface area contributed by atoms with E-state index in [1.165, 1.54) is 4.90 Å². The monoisotopic (exact) mass is 224 g/mol. The third-order valence-corrected chi connectivity index (χ3v) is 3.35. The van der Waals surface area contributed by atoms with Crippen molar-refractivity contribution in [1.29, 1.82) is 0 Å². The number of nitrogens with one attached hydrogen (secondary N) is 1. The van der Waals surface area contributed by atoms with Crippen molar-refractivity contribution in [1.82, 2.24) is 4.98 Å². The number of aromatic nitrogens is 1. The second-order valence-electron chi connectivity index (χ2n) is 4.82. The van der Waals surface area contributed by atoms with E-state index in [4.69, 9.17) is 0 Å². The fourth-order valence-electron chi connectivity index (χ4n) is 1.02. The predicted octanol–water partition coefficient (Wildman–Crippen LogP) is 3.65. The number of rotatable bonds is 3. The minimum atomic E-state index is 0.250. The number of thioether (sulfide) groups is 1. The second kappa shape index (κ2) is 4.88. The second-order valence-corrected chi connectivity index (χ2v) is 5.69. The number of pyridine rings is 1. The molecule has 0 aromatic carbocycles.